The summed E-state index contributed by atoms with van der Waals surface area (Å²) in [5.74, 6) is 0.630. The highest BCUT2D eigenvalue weighted by atomic mass is 79.9. The summed E-state index contributed by atoms with van der Waals surface area (Å²) in [5.41, 5.74) is 4.21. The molecule has 2 aromatic carbocycles. The summed E-state index contributed by atoms with van der Waals surface area (Å²) in [7, 11) is 1.76. The van der Waals surface area contributed by atoms with Gasteiger partial charge in [0.2, 0.25) is 5.91 Å². The summed E-state index contributed by atoms with van der Waals surface area (Å²) >= 11 is 3.48. The molecule has 0 radical (unpaired) electrons. The van der Waals surface area contributed by atoms with Crippen LogP contribution < -0.4 is 4.90 Å². The largest absolute Gasteiger partial charge is 0.316 e. The van der Waals surface area contributed by atoms with Crippen molar-refractivity contribution in [3.05, 3.63) is 71.3 Å². The van der Waals surface area contributed by atoms with Crippen molar-refractivity contribution >= 4 is 38.6 Å². The summed E-state index contributed by atoms with van der Waals surface area (Å²) in [4.78, 5) is 26.9. The number of halogens is 1. The van der Waals surface area contributed by atoms with E-state index >= 15 is 0 Å². The average Bonchev–Trinajstić information content (AvgIpc) is 2.72. The monoisotopic (exact) mass is 432 g/mol. The van der Waals surface area contributed by atoms with E-state index in [1.54, 1.807) is 25.1 Å². The summed E-state index contributed by atoms with van der Waals surface area (Å²) in [6.45, 7) is 1.54. The zero-order valence-electron chi connectivity index (χ0n) is 15.4. The molecule has 0 aliphatic carbocycles. The summed E-state index contributed by atoms with van der Waals surface area (Å²) in [6, 6.07) is 19.5. The van der Waals surface area contributed by atoms with E-state index in [9.17, 15) is 4.79 Å². The quantitative estimate of drug-likeness (QED) is 0.451. The highest BCUT2D eigenvalue weighted by molar-refractivity contribution is 9.10. The van der Waals surface area contributed by atoms with Crippen LogP contribution in [0.3, 0.4) is 0 Å². The van der Waals surface area contributed by atoms with Gasteiger partial charge < -0.3 is 4.90 Å². The molecule has 0 atom stereocenters. The molecule has 0 spiro atoms. The minimum atomic E-state index is -0.00615. The van der Waals surface area contributed by atoms with Crippen molar-refractivity contribution in [1.29, 1.82) is 0 Å². The molecule has 0 saturated heterocycles. The van der Waals surface area contributed by atoms with E-state index in [0.717, 1.165) is 32.4 Å². The van der Waals surface area contributed by atoms with E-state index in [1.165, 1.54) is 0 Å². The molecule has 0 N–H and O–H groups in total. The van der Waals surface area contributed by atoms with Crippen LogP contribution in [-0.4, -0.2) is 27.9 Å². The third-order valence-electron chi connectivity index (χ3n) is 4.55. The average molecular weight is 433 g/mol. The highest BCUT2D eigenvalue weighted by Gasteiger charge is 2.09. The second-order valence-corrected chi connectivity index (χ2v) is 7.35. The van der Waals surface area contributed by atoms with Crippen LogP contribution >= 0.6 is 15.9 Å². The summed E-state index contributed by atoms with van der Waals surface area (Å²) < 4.78 is 0.978. The van der Waals surface area contributed by atoms with Gasteiger partial charge in [-0.25, -0.2) is 15.0 Å². The van der Waals surface area contributed by atoms with E-state index in [1.807, 2.05) is 60.7 Å². The van der Waals surface area contributed by atoms with Crippen molar-refractivity contribution in [3.8, 4) is 22.6 Å². The Balaban J connectivity index is 1.71. The lowest BCUT2D eigenvalue weighted by atomic mass is 10.1. The number of benzene rings is 2. The van der Waals surface area contributed by atoms with E-state index in [2.05, 4.69) is 25.9 Å². The van der Waals surface area contributed by atoms with Gasteiger partial charge in [-0.15, -0.1) is 0 Å². The molecule has 2 heterocycles. The fourth-order valence-electron chi connectivity index (χ4n) is 2.87. The molecule has 2 aromatic heterocycles. The maximum Gasteiger partial charge on any atom is 0.223 e. The molecule has 4 aromatic rings. The van der Waals surface area contributed by atoms with Crippen molar-refractivity contribution in [3.63, 3.8) is 0 Å². The third-order valence-corrected chi connectivity index (χ3v) is 5.04. The molecular formula is C22H17BrN4O. The number of anilines is 1. The first-order chi connectivity index (χ1) is 13.5. The van der Waals surface area contributed by atoms with Crippen molar-refractivity contribution < 1.29 is 4.79 Å². The standard InChI is InChI=1S/C22H17BrN4O/c1-14(28)27(2)19-9-6-15(7-10-19)20-11-8-17-13-24-21(26-22(17)25-20)16-4-3-5-18(23)12-16/h3-13H,1-2H3. The van der Waals surface area contributed by atoms with Crippen molar-refractivity contribution in [2.45, 2.75) is 6.92 Å². The van der Waals surface area contributed by atoms with E-state index in [-0.39, 0.29) is 5.91 Å². The Morgan fingerprint density at radius 3 is 2.46 bits per heavy atom. The fraction of sp³-hybridized carbons (Fsp3) is 0.0909. The van der Waals surface area contributed by atoms with Gasteiger partial charge in [-0.05, 0) is 36.4 Å². The van der Waals surface area contributed by atoms with E-state index < -0.39 is 0 Å². The molecule has 1 amide bonds. The second-order valence-electron chi connectivity index (χ2n) is 6.44. The van der Waals surface area contributed by atoms with Crippen LogP contribution in [0, 0.1) is 0 Å². The fourth-order valence-corrected chi connectivity index (χ4v) is 3.27. The molecule has 0 bridgehead atoms. The summed E-state index contributed by atoms with van der Waals surface area (Å²) in [6.07, 6.45) is 1.79. The second kappa shape index (κ2) is 7.48. The number of hydrogen-bond acceptors (Lipinski definition) is 4. The Morgan fingerprint density at radius 1 is 0.964 bits per heavy atom. The first kappa shape index (κ1) is 18.3. The molecule has 0 unspecified atom stereocenters. The normalized spacial score (nSPS) is 10.8. The molecule has 4 rings (SSSR count). The summed E-state index contributed by atoms with van der Waals surface area (Å²) in [5, 5.41) is 0.885. The number of hydrogen-bond donors (Lipinski definition) is 0. The molecule has 0 fully saturated rings. The van der Waals surface area contributed by atoms with Crippen molar-refractivity contribution in [1.82, 2.24) is 15.0 Å². The molecule has 6 heteroatoms. The number of fused-ring (bicyclic) bond motifs is 1. The van der Waals surface area contributed by atoms with Crippen LogP contribution in [0.2, 0.25) is 0 Å². The molecular weight excluding hydrogens is 416 g/mol. The van der Waals surface area contributed by atoms with Gasteiger partial charge in [0.25, 0.3) is 0 Å². The van der Waals surface area contributed by atoms with E-state index in [0.29, 0.717) is 11.5 Å². The van der Waals surface area contributed by atoms with Crippen molar-refractivity contribution in [2.24, 2.45) is 0 Å². The number of nitrogens with zero attached hydrogens (tertiary/aromatic N) is 4. The Morgan fingerprint density at radius 2 is 1.75 bits per heavy atom. The predicted molar refractivity (Wildman–Crippen MR) is 115 cm³/mol. The minimum Gasteiger partial charge on any atom is -0.316 e. The van der Waals surface area contributed by atoms with Gasteiger partial charge in [0.1, 0.15) is 0 Å². The number of aromatic nitrogens is 3. The Bertz CT molecular complexity index is 1170. The zero-order valence-corrected chi connectivity index (χ0v) is 17.0. The highest BCUT2D eigenvalue weighted by Crippen LogP contribution is 2.25. The van der Waals surface area contributed by atoms with Gasteiger partial charge in [0.05, 0.1) is 5.69 Å². The number of amides is 1. The van der Waals surface area contributed by atoms with Crippen LogP contribution in [0.1, 0.15) is 6.92 Å². The minimum absolute atomic E-state index is 0.00615. The van der Waals surface area contributed by atoms with Crippen LogP contribution in [0.4, 0.5) is 5.69 Å². The first-order valence-corrected chi connectivity index (χ1v) is 9.55. The number of pyridine rings is 1. The van der Waals surface area contributed by atoms with Crippen LogP contribution in [-0.2, 0) is 4.79 Å². The van der Waals surface area contributed by atoms with E-state index in [4.69, 9.17) is 4.98 Å². The third kappa shape index (κ3) is 3.64. The Labute approximate surface area is 171 Å². The smallest absolute Gasteiger partial charge is 0.223 e. The van der Waals surface area contributed by atoms with Crippen LogP contribution in [0.25, 0.3) is 33.7 Å². The Hall–Kier alpha value is -3.12. The van der Waals surface area contributed by atoms with Gasteiger partial charge in [-0.2, -0.15) is 0 Å². The zero-order chi connectivity index (χ0) is 19.7. The maximum absolute atomic E-state index is 11.5. The topological polar surface area (TPSA) is 59.0 Å². The van der Waals surface area contributed by atoms with Gasteiger partial charge >= 0.3 is 0 Å². The maximum atomic E-state index is 11.5. The van der Waals surface area contributed by atoms with Gasteiger partial charge in [-0.1, -0.05) is 40.2 Å². The lowest BCUT2D eigenvalue weighted by Crippen LogP contribution is -2.22. The lowest BCUT2D eigenvalue weighted by Gasteiger charge is -2.15. The molecule has 5 nitrogen and oxygen atoms in total. The molecule has 0 aliphatic rings. The molecule has 0 saturated carbocycles. The molecule has 28 heavy (non-hydrogen) atoms. The van der Waals surface area contributed by atoms with Crippen LogP contribution in [0.15, 0.2) is 71.3 Å². The first-order valence-electron chi connectivity index (χ1n) is 8.76. The SMILES string of the molecule is CC(=O)N(C)c1ccc(-c2ccc3cnc(-c4cccc(Br)c4)nc3n2)cc1. The number of rotatable bonds is 3. The van der Waals surface area contributed by atoms with Gasteiger partial charge in [0, 0.05) is 46.8 Å². The van der Waals surface area contributed by atoms with Crippen LogP contribution in [0.5, 0.6) is 0 Å². The van der Waals surface area contributed by atoms with Gasteiger partial charge in [-0.3, -0.25) is 4.79 Å². The van der Waals surface area contributed by atoms with Gasteiger partial charge in [0.15, 0.2) is 11.5 Å². The molecule has 0 aliphatic heterocycles. The number of carbonyl (C=O) groups is 1. The lowest BCUT2D eigenvalue weighted by molar-refractivity contribution is -0.116. The Kier molecular flexibility index (Phi) is 4.88. The molecule has 138 valence electrons. The predicted octanol–water partition coefficient (Wildman–Crippen LogP) is 5.10. The number of carbonyl (C=O) groups excluding carboxylic acids is 1. The van der Waals surface area contributed by atoms with Crippen molar-refractivity contribution in [2.75, 3.05) is 11.9 Å².